The average molecular weight is 399 g/mol. The van der Waals surface area contributed by atoms with Gasteiger partial charge >= 0.3 is 0 Å². The molecular weight excluding hydrogens is 375 g/mol. The summed E-state index contributed by atoms with van der Waals surface area (Å²) in [6, 6.07) is 16.0. The molecule has 28 heavy (non-hydrogen) atoms. The molecule has 0 fully saturated rings. The Hall–Kier alpha value is -2.67. The first-order chi connectivity index (χ1) is 13.6. The molecule has 0 bridgehead atoms. The van der Waals surface area contributed by atoms with Crippen molar-refractivity contribution < 1.29 is 9.18 Å². The zero-order chi connectivity index (χ0) is 19.9. The molecule has 5 nitrogen and oxygen atoms in total. The van der Waals surface area contributed by atoms with Gasteiger partial charge in [-0.05, 0) is 37.1 Å². The summed E-state index contributed by atoms with van der Waals surface area (Å²) in [5.41, 5.74) is 1.64. The SMILES string of the molecule is CCC(CC)NC(=O)CSc1nnc(-c2ccccc2)n1-c1ccc(F)cc1. The summed E-state index contributed by atoms with van der Waals surface area (Å²) in [6.07, 6.45) is 1.80. The van der Waals surface area contributed by atoms with E-state index in [9.17, 15) is 9.18 Å². The van der Waals surface area contributed by atoms with Crippen LogP contribution >= 0.6 is 11.8 Å². The lowest BCUT2D eigenvalue weighted by molar-refractivity contribution is -0.119. The van der Waals surface area contributed by atoms with Crippen molar-refractivity contribution in [1.82, 2.24) is 20.1 Å². The number of benzene rings is 2. The van der Waals surface area contributed by atoms with Crippen LogP contribution in [0.3, 0.4) is 0 Å². The largest absolute Gasteiger partial charge is 0.353 e. The normalized spacial score (nSPS) is 11.0. The van der Waals surface area contributed by atoms with Crippen molar-refractivity contribution in [2.24, 2.45) is 0 Å². The minimum absolute atomic E-state index is 0.0337. The highest BCUT2D eigenvalue weighted by atomic mass is 32.2. The molecule has 1 heterocycles. The van der Waals surface area contributed by atoms with Crippen molar-refractivity contribution in [3.05, 3.63) is 60.4 Å². The van der Waals surface area contributed by atoms with Gasteiger partial charge in [0.25, 0.3) is 0 Å². The van der Waals surface area contributed by atoms with Crippen LogP contribution in [0.4, 0.5) is 4.39 Å². The number of aromatic nitrogens is 3. The number of thioether (sulfide) groups is 1. The number of halogens is 1. The molecule has 2 aromatic carbocycles. The summed E-state index contributed by atoms with van der Waals surface area (Å²) in [5.74, 6) is 0.547. The summed E-state index contributed by atoms with van der Waals surface area (Å²) < 4.78 is 15.2. The van der Waals surface area contributed by atoms with Crippen LogP contribution in [0.25, 0.3) is 17.1 Å². The van der Waals surface area contributed by atoms with Crippen LogP contribution in [0.15, 0.2) is 59.8 Å². The van der Waals surface area contributed by atoms with Crippen LogP contribution in [0.1, 0.15) is 26.7 Å². The van der Waals surface area contributed by atoms with Crippen LogP contribution in [0, 0.1) is 5.82 Å². The first-order valence-corrected chi connectivity index (χ1v) is 10.3. The van der Waals surface area contributed by atoms with E-state index in [1.165, 1.54) is 23.9 Å². The first-order valence-electron chi connectivity index (χ1n) is 9.31. The molecule has 1 N–H and O–H groups in total. The topological polar surface area (TPSA) is 59.8 Å². The van der Waals surface area contributed by atoms with Crippen LogP contribution in [0.5, 0.6) is 0 Å². The van der Waals surface area contributed by atoms with Gasteiger partial charge in [0.05, 0.1) is 5.75 Å². The molecule has 0 saturated carbocycles. The van der Waals surface area contributed by atoms with Crippen LogP contribution in [-0.4, -0.2) is 32.5 Å². The zero-order valence-electron chi connectivity index (χ0n) is 15.9. The molecule has 3 rings (SSSR count). The Balaban J connectivity index is 1.88. The lowest BCUT2D eigenvalue weighted by Crippen LogP contribution is -2.35. The maximum Gasteiger partial charge on any atom is 0.230 e. The zero-order valence-corrected chi connectivity index (χ0v) is 16.7. The van der Waals surface area contributed by atoms with Crippen molar-refractivity contribution in [2.45, 2.75) is 37.9 Å². The van der Waals surface area contributed by atoms with Gasteiger partial charge in [-0.2, -0.15) is 0 Å². The highest BCUT2D eigenvalue weighted by molar-refractivity contribution is 7.99. The molecule has 3 aromatic rings. The summed E-state index contributed by atoms with van der Waals surface area (Å²) in [7, 11) is 0. The van der Waals surface area contributed by atoms with E-state index in [0.717, 1.165) is 24.1 Å². The van der Waals surface area contributed by atoms with Crippen molar-refractivity contribution in [2.75, 3.05) is 5.75 Å². The van der Waals surface area contributed by atoms with Crippen LogP contribution < -0.4 is 5.32 Å². The fourth-order valence-electron chi connectivity index (χ4n) is 2.85. The maximum atomic E-state index is 13.4. The summed E-state index contributed by atoms with van der Waals surface area (Å²) in [5, 5.41) is 12.2. The molecule has 0 atom stereocenters. The molecule has 7 heteroatoms. The van der Waals surface area contributed by atoms with Gasteiger partial charge in [0.1, 0.15) is 5.82 Å². The second-order valence-electron chi connectivity index (χ2n) is 6.35. The van der Waals surface area contributed by atoms with Gasteiger partial charge in [0.2, 0.25) is 5.91 Å². The van der Waals surface area contributed by atoms with Crippen molar-refractivity contribution in [3.63, 3.8) is 0 Å². The van der Waals surface area contributed by atoms with E-state index < -0.39 is 0 Å². The van der Waals surface area contributed by atoms with Gasteiger partial charge in [-0.25, -0.2) is 4.39 Å². The Labute approximate surface area is 168 Å². The minimum atomic E-state index is -0.308. The second kappa shape index (κ2) is 9.50. The quantitative estimate of drug-likeness (QED) is 0.569. The highest BCUT2D eigenvalue weighted by Gasteiger charge is 2.18. The molecule has 0 aliphatic rings. The highest BCUT2D eigenvalue weighted by Crippen LogP contribution is 2.28. The van der Waals surface area contributed by atoms with E-state index >= 15 is 0 Å². The Morgan fingerprint density at radius 1 is 1.07 bits per heavy atom. The molecule has 0 spiro atoms. The monoisotopic (exact) mass is 398 g/mol. The van der Waals surface area contributed by atoms with Gasteiger partial charge in [0, 0.05) is 17.3 Å². The lowest BCUT2D eigenvalue weighted by Gasteiger charge is -2.14. The number of hydrogen-bond donors (Lipinski definition) is 1. The van der Waals surface area contributed by atoms with E-state index in [4.69, 9.17) is 0 Å². The number of carbonyl (C=O) groups is 1. The molecule has 0 aliphatic carbocycles. The Morgan fingerprint density at radius 3 is 2.39 bits per heavy atom. The Morgan fingerprint density at radius 2 is 1.75 bits per heavy atom. The Kier molecular flexibility index (Phi) is 6.81. The van der Waals surface area contributed by atoms with Gasteiger partial charge in [-0.3, -0.25) is 9.36 Å². The number of nitrogens with one attached hydrogen (secondary N) is 1. The number of rotatable bonds is 8. The van der Waals surface area contributed by atoms with E-state index in [0.29, 0.717) is 11.0 Å². The second-order valence-corrected chi connectivity index (χ2v) is 7.30. The lowest BCUT2D eigenvalue weighted by atomic mass is 10.2. The fraction of sp³-hybridized carbons (Fsp3) is 0.286. The van der Waals surface area contributed by atoms with Gasteiger partial charge in [0.15, 0.2) is 11.0 Å². The molecule has 0 radical (unpaired) electrons. The summed E-state index contributed by atoms with van der Waals surface area (Å²) in [6.45, 7) is 4.11. The van der Waals surface area contributed by atoms with Gasteiger partial charge in [-0.1, -0.05) is 55.9 Å². The average Bonchev–Trinajstić information content (AvgIpc) is 3.15. The first kappa shape index (κ1) is 20.1. The molecule has 146 valence electrons. The number of nitrogens with zero attached hydrogens (tertiary/aromatic N) is 3. The van der Waals surface area contributed by atoms with Crippen molar-refractivity contribution in [1.29, 1.82) is 0 Å². The predicted molar refractivity (Wildman–Crippen MR) is 110 cm³/mol. The summed E-state index contributed by atoms with van der Waals surface area (Å²) >= 11 is 1.32. The standard InChI is InChI=1S/C21H23FN4OS/c1-3-17(4-2)23-19(27)14-28-21-25-24-20(15-8-6-5-7-9-15)26(21)18-12-10-16(22)11-13-18/h5-13,17H,3-4,14H2,1-2H3,(H,23,27). The van der Waals surface area contributed by atoms with E-state index in [2.05, 4.69) is 29.4 Å². The summed E-state index contributed by atoms with van der Waals surface area (Å²) in [4.78, 5) is 12.3. The minimum Gasteiger partial charge on any atom is -0.353 e. The van der Waals surface area contributed by atoms with Gasteiger partial charge < -0.3 is 5.32 Å². The third-order valence-corrected chi connectivity index (χ3v) is 5.36. The predicted octanol–water partition coefficient (Wildman–Crippen LogP) is 4.47. The fourth-order valence-corrected chi connectivity index (χ4v) is 3.62. The molecule has 1 aromatic heterocycles. The number of carbonyl (C=O) groups excluding carboxylic acids is 1. The van der Waals surface area contributed by atoms with Crippen LogP contribution in [0.2, 0.25) is 0 Å². The smallest absolute Gasteiger partial charge is 0.230 e. The van der Waals surface area contributed by atoms with E-state index in [1.807, 2.05) is 34.9 Å². The van der Waals surface area contributed by atoms with Crippen LogP contribution in [-0.2, 0) is 4.79 Å². The van der Waals surface area contributed by atoms with E-state index in [-0.39, 0.29) is 23.5 Å². The molecule has 1 amide bonds. The number of amides is 1. The molecule has 0 saturated heterocycles. The van der Waals surface area contributed by atoms with Crippen molar-refractivity contribution >= 4 is 17.7 Å². The third-order valence-electron chi connectivity index (χ3n) is 4.43. The molecular formula is C21H23FN4OS. The molecule has 0 unspecified atom stereocenters. The number of hydrogen-bond acceptors (Lipinski definition) is 4. The van der Waals surface area contributed by atoms with Gasteiger partial charge in [-0.15, -0.1) is 10.2 Å². The Bertz CT molecular complexity index is 908. The maximum absolute atomic E-state index is 13.4. The molecule has 0 aliphatic heterocycles. The van der Waals surface area contributed by atoms with E-state index in [1.54, 1.807) is 12.1 Å². The third kappa shape index (κ3) is 4.78. The van der Waals surface area contributed by atoms with Crippen molar-refractivity contribution in [3.8, 4) is 17.1 Å².